The molecule has 4 rings (SSSR count). The minimum atomic E-state index is -1.14. The molecule has 5 nitrogen and oxygen atoms in total. The van der Waals surface area contributed by atoms with E-state index in [1.807, 2.05) is 23.0 Å². The molecule has 0 amide bonds. The molecule has 148 valence electrons. The number of nitrogens with zero attached hydrogens (tertiary/aromatic N) is 1. The Kier molecular flexibility index (Phi) is 5.66. The van der Waals surface area contributed by atoms with Crippen molar-refractivity contribution in [2.75, 3.05) is 26.1 Å². The second-order valence-corrected chi connectivity index (χ2v) is 9.42. The van der Waals surface area contributed by atoms with Gasteiger partial charge in [0, 0.05) is 35.6 Å². The number of hydrogen-bond donors (Lipinski definition) is 0. The van der Waals surface area contributed by atoms with Crippen LogP contribution >= 0.6 is 11.3 Å². The van der Waals surface area contributed by atoms with Crippen LogP contribution in [-0.4, -0.2) is 40.0 Å². The van der Waals surface area contributed by atoms with Gasteiger partial charge in [0.15, 0.2) is 0 Å². The first kappa shape index (κ1) is 19.4. The highest BCUT2D eigenvalue weighted by atomic mass is 32.2. The van der Waals surface area contributed by atoms with Gasteiger partial charge in [-0.2, -0.15) is 0 Å². The van der Waals surface area contributed by atoms with E-state index >= 15 is 0 Å². The highest BCUT2D eigenvalue weighted by molar-refractivity contribution is 7.83. The van der Waals surface area contributed by atoms with Gasteiger partial charge in [0.2, 0.25) is 5.78 Å². The lowest BCUT2D eigenvalue weighted by Gasteiger charge is -2.21. The molecule has 0 bridgehead atoms. The molecule has 3 heterocycles. The van der Waals surface area contributed by atoms with Gasteiger partial charge in [-0.15, -0.1) is 11.3 Å². The van der Waals surface area contributed by atoms with E-state index in [4.69, 9.17) is 9.47 Å². The molecular formula is C21H23NO4S2. The van der Waals surface area contributed by atoms with Crippen molar-refractivity contribution in [3.8, 4) is 5.75 Å². The van der Waals surface area contributed by atoms with Gasteiger partial charge < -0.3 is 9.47 Å². The van der Waals surface area contributed by atoms with Gasteiger partial charge in [0.05, 0.1) is 12.0 Å². The van der Waals surface area contributed by atoms with Crippen molar-refractivity contribution in [1.29, 1.82) is 0 Å². The molecule has 0 N–H and O–H groups in total. The number of thiophene rings is 1. The lowest BCUT2D eigenvalue weighted by Crippen LogP contribution is -2.23. The van der Waals surface area contributed by atoms with Gasteiger partial charge in [0.1, 0.15) is 21.6 Å². The first-order chi connectivity index (χ1) is 13.6. The maximum atomic E-state index is 13.1. The number of carbonyl (C=O) groups excluding carboxylic acids is 1. The van der Waals surface area contributed by atoms with E-state index in [0.29, 0.717) is 22.1 Å². The van der Waals surface area contributed by atoms with Crippen LogP contribution < -0.4 is 4.74 Å². The highest BCUT2D eigenvalue weighted by Gasteiger charge is 2.22. The molecule has 7 heteroatoms. The molecule has 1 aliphatic rings. The average Bonchev–Trinajstić information content (AvgIpc) is 3.24. The van der Waals surface area contributed by atoms with Gasteiger partial charge in [0.25, 0.3) is 0 Å². The zero-order valence-corrected chi connectivity index (χ0v) is 17.6. The number of aromatic nitrogens is 1. The lowest BCUT2D eigenvalue weighted by molar-refractivity contribution is 0.0725. The summed E-state index contributed by atoms with van der Waals surface area (Å²) in [7, 11) is 0.461. The zero-order chi connectivity index (χ0) is 19.7. The van der Waals surface area contributed by atoms with Crippen LogP contribution in [0.25, 0.3) is 10.2 Å². The smallest absolute Gasteiger partial charge is 0.203 e. The monoisotopic (exact) mass is 417 g/mol. The van der Waals surface area contributed by atoms with E-state index in [9.17, 15) is 9.00 Å². The molecule has 1 aliphatic heterocycles. The molecule has 2 aromatic heterocycles. The van der Waals surface area contributed by atoms with Crippen LogP contribution in [0.2, 0.25) is 0 Å². The normalized spacial score (nSPS) is 16.4. The topological polar surface area (TPSA) is 57.5 Å². The van der Waals surface area contributed by atoms with Crippen molar-refractivity contribution < 1.29 is 18.5 Å². The standard InChI is InChI=1S/C21H23NO4S2/c1-14-11-17-12-19(20(23)16-3-5-18(25-2)6-4-16)27-21(17)22(14)28(24)13-15-7-9-26-10-8-15/h3-6,11-12,15H,7-10,13H2,1-2H3. The zero-order valence-electron chi connectivity index (χ0n) is 16.0. The van der Waals surface area contributed by atoms with E-state index in [0.717, 1.165) is 47.7 Å². The first-order valence-corrected chi connectivity index (χ1v) is 11.4. The second-order valence-electron chi connectivity index (χ2n) is 7.05. The minimum Gasteiger partial charge on any atom is -0.497 e. The number of carbonyl (C=O) groups is 1. The van der Waals surface area contributed by atoms with Crippen molar-refractivity contribution in [2.24, 2.45) is 5.92 Å². The third kappa shape index (κ3) is 3.79. The van der Waals surface area contributed by atoms with Crippen molar-refractivity contribution in [2.45, 2.75) is 19.8 Å². The number of hydrogen-bond acceptors (Lipinski definition) is 5. The Bertz CT molecular complexity index is 1010. The minimum absolute atomic E-state index is 0.0248. The summed E-state index contributed by atoms with van der Waals surface area (Å²) in [6.07, 6.45) is 1.92. The third-order valence-corrected chi connectivity index (χ3v) is 7.99. The number of rotatable bonds is 6. The van der Waals surface area contributed by atoms with E-state index < -0.39 is 11.0 Å². The predicted octanol–water partition coefficient (Wildman–Crippen LogP) is 4.19. The SMILES string of the molecule is COc1ccc(C(=O)c2cc3cc(C)n(S(=O)CC4CCOCC4)c3s2)cc1. The fraction of sp³-hybridized carbons (Fsp3) is 0.381. The van der Waals surface area contributed by atoms with E-state index in [-0.39, 0.29) is 5.78 Å². The molecule has 28 heavy (non-hydrogen) atoms. The molecule has 1 aromatic carbocycles. The van der Waals surface area contributed by atoms with Crippen molar-refractivity contribution >= 4 is 38.3 Å². The Morgan fingerprint density at radius 3 is 2.64 bits per heavy atom. The predicted molar refractivity (Wildman–Crippen MR) is 113 cm³/mol. The largest absolute Gasteiger partial charge is 0.497 e. The summed E-state index contributed by atoms with van der Waals surface area (Å²) in [5.74, 6) is 1.75. The van der Waals surface area contributed by atoms with Gasteiger partial charge in [-0.1, -0.05) is 0 Å². The van der Waals surface area contributed by atoms with Gasteiger partial charge in [-0.3, -0.25) is 8.77 Å². The fourth-order valence-corrected chi connectivity index (χ4v) is 6.52. The fourth-order valence-electron chi connectivity index (χ4n) is 3.54. The van der Waals surface area contributed by atoms with E-state index in [2.05, 4.69) is 0 Å². The highest BCUT2D eigenvalue weighted by Crippen LogP contribution is 2.32. The van der Waals surface area contributed by atoms with Crippen molar-refractivity contribution in [3.05, 3.63) is 52.5 Å². The Morgan fingerprint density at radius 2 is 1.96 bits per heavy atom. The number of ketones is 1. The number of aryl methyl sites for hydroxylation is 1. The van der Waals surface area contributed by atoms with Crippen LogP contribution in [-0.2, 0) is 15.7 Å². The van der Waals surface area contributed by atoms with E-state index in [1.54, 1.807) is 31.4 Å². The summed E-state index contributed by atoms with van der Waals surface area (Å²) in [5, 5.41) is 0.972. The summed E-state index contributed by atoms with van der Waals surface area (Å²) in [4.78, 5) is 14.4. The molecule has 1 atom stereocenters. The third-order valence-electron chi connectivity index (χ3n) is 5.11. The number of fused-ring (bicyclic) bond motifs is 1. The van der Waals surface area contributed by atoms with Crippen LogP contribution in [0.4, 0.5) is 0 Å². The van der Waals surface area contributed by atoms with Crippen molar-refractivity contribution in [3.63, 3.8) is 0 Å². The van der Waals surface area contributed by atoms with Crippen LogP contribution in [0.1, 0.15) is 33.8 Å². The van der Waals surface area contributed by atoms with Crippen LogP contribution in [0.15, 0.2) is 36.4 Å². The summed E-state index contributed by atoms with van der Waals surface area (Å²) >= 11 is 1.41. The summed E-state index contributed by atoms with van der Waals surface area (Å²) in [6, 6.07) is 11.0. The summed E-state index contributed by atoms with van der Waals surface area (Å²) < 4.78 is 25.5. The summed E-state index contributed by atoms with van der Waals surface area (Å²) in [6.45, 7) is 3.47. The molecule has 0 spiro atoms. The van der Waals surface area contributed by atoms with Gasteiger partial charge in [-0.05, 0) is 62.1 Å². The van der Waals surface area contributed by atoms with Crippen LogP contribution in [0.3, 0.4) is 0 Å². The quantitative estimate of drug-likeness (QED) is 0.565. The van der Waals surface area contributed by atoms with E-state index in [1.165, 1.54) is 11.3 Å². The summed E-state index contributed by atoms with van der Waals surface area (Å²) in [5.41, 5.74) is 1.59. The van der Waals surface area contributed by atoms with Gasteiger partial charge >= 0.3 is 0 Å². The molecule has 0 aliphatic carbocycles. The Morgan fingerprint density at radius 1 is 1.25 bits per heavy atom. The van der Waals surface area contributed by atoms with Crippen LogP contribution in [0.5, 0.6) is 5.75 Å². The Balaban J connectivity index is 1.60. The molecule has 1 unspecified atom stereocenters. The molecule has 0 saturated carbocycles. The number of methoxy groups -OCH3 is 1. The Labute approximate surface area is 170 Å². The molecule has 0 radical (unpaired) electrons. The number of ether oxygens (including phenoxy) is 2. The molecule has 1 saturated heterocycles. The maximum Gasteiger partial charge on any atom is 0.203 e. The molecular weight excluding hydrogens is 394 g/mol. The molecule has 3 aromatic rings. The Hall–Kier alpha value is -1.96. The first-order valence-electron chi connectivity index (χ1n) is 9.34. The van der Waals surface area contributed by atoms with Crippen molar-refractivity contribution in [1.82, 2.24) is 3.97 Å². The lowest BCUT2D eigenvalue weighted by atomic mass is 10.0. The maximum absolute atomic E-state index is 13.1. The van der Waals surface area contributed by atoms with Gasteiger partial charge in [-0.25, -0.2) is 4.21 Å². The molecule has 1 fully saturated rings. The average molecular weight is 418 g/mol. The van der Waals surface area contributed by atoms with Crippen LogP contribution in [0, 0.1) is 12.8 Å². The number of benzene rings is 1. The second kappa shape index (κ2) is 8.19.